The number of hydrogen-bond donors (Lipinski definition) is 1. The zero-order valence-corrected chi connectivity index (χ0v) is 13.1. The lowest BCUT2D eigenvalue weighted by Gasteiger charge is -2.10. The van der Waals surface area contributed by atoms with Crippen LogP contribution >= 0.6 is 0 Å². The first-order valence-corrected chi connectivity index (χ1v) is 7.46. The summed E-state index contributed by atoms with van der Waals surface area (Å²) < 4.78 is 5.85. The van der Waals surface area contributed by atoms with Gasteiger partial charge in [-0.25, -0.2) is 0 Å². The molecule has 1 aromatic carbocycles. The third-order valence-corrected chi connectivity index (χ3v) is 3.12. The van der Waals surface area contributed by atoms with Gasteiger partial charge in [0, 0.05) is 24.5 Å². The Hall–Kier alpha value is -1.87. The molecule has 0 amide bonds. The molecule has 2 aromatic rings. The van der Waals surface area contributed by atoms with Gasteiger partial charge >= 0.3 is 0 Å². The second-order valence-electron chi connectivity index (χ2n) is 5.83. The Labute approximate surface area is 127 Å². The van der Waals surface area contributed by atoms with Gasteiger partial charge in [0.15, 0.2) is 0 Å². The molecule has 2 rings (SSSR count). The van der Waals surface area contributed by atoms with Crippen LogP contribution in [0, 0.1) is 12.8 Å². The predicted molar refractivity (Wildman–Crippen MR) is 86.3 cm³/mol. The van der Waals surface area contributed by atoms with Crippen LogP contribution in [0.5, 0.6) is 5.75 Å². The summed E-state index contributed by atoms with van der Waals surface area (Å²) in [4.78, 5) is 4.18. The molecular weight excluding hydrogens is 260 g/mol. The first-order chi connectivity index (χ1) is 10.1. The van der Waals surface area contributed by atoms with Crippen LogP contribution in [0.4, 0.5) is 0 Å². The molecule has 0 aliphatic rings. The third kappa shape index (κ3) is 5.56. The van der Waals surface area contributed by atoms with Crippen LogP contribution in [0.25, 0.3) is 0 Å². The molecule has 0 bridgehead atoms. The second-order valence-corrected chi connectivity index (χ2v) is 5.83. The normalized spacial score (nSPS) is 10.9. The van der Waals surface area contributed by atoms with Gasteiger partial charge in [0.1, 0.15) is 12.4 Å². The van der Waals surface area contributed by atoms with Gasteiger partial charge in [0.2, 0.25) is 0 Å². The monoisotopic (exact) mass is 284 g/mol. The van der Waals surface area contributed by atoms with E-state index >= 15 is 0 Å². The van der Waals surface area contributed by atoms with E-state index in [4.69, 9.17) is 4.74 Å². The number of nitrogens with zero attached hydrogens (tertiary/aromatic N) is 1. The Morgan fingerprint density at radius 3 is 2.76 bits per heavy atom. The fourth-order valence-electron chi connectivity index (χ4n) is 2.11. The van der Waals surface area contributed by atoms with Crippen molar-refractivity contribution in [1.82, 2.24) is 10.3 Å². The summed E-state index contributed by atoms with van der Waals surface area (Å²) in [6.45, 7) is 8.92. The van der Waals surface area contributed by atoms with E-state index in [1.807, 2.05) is 31.5 Å². The molecule has 0 atom stereocenters. The minimum Gasteiger partial charge on any atom is -0.489 e. The maximum atomic E-state index is 5.85. The Morgan fingerprint density at radius 1 is 1.14 bits per heavy atom. The van der Waals surface area contributed by atoms with E-state index in [0.29, 0.717) is 12.5 Å². The van der Waals surface area contributed by atoms with Crippen LogP contribution < -0.4 is 10.1 Å². The average Bonchev–Trinajstić information content (AvgIpc) is 2.45. The molecule has 0 fully saturated rings. The Bertz CT molecular complexity index is 567. The lowest BCUT2D eigenvalue weighted by molar-refractivity contribution is 0.305. The summed E-state index contributed by atoms with van der Waals surface area (Å²) >= 11 is 0. The minimum atomic E-state index is 0.553. The summed E-state index contributed by atoms with van der Waals surface area (Å²) in [6, 6.07) is 10.3. The highest BCUT2D eigenvalue weighted by atomic mass is 16.5. The van der Waals surface area contributed by atoms with E-state index in [1.165, 1.54) is 5.56 Å². The zero-order chi connectivity index (χ0) is 15.1. The van der Waals surface area contributed by atoms with Crippen LogP contribution in [0.15, 0.2) is 42.7 Å². The summed E-state index contributed by atoms with van der Waals surface area (Å²) in [5.41, 5.74) is 3.50. The fraction of sp³-hybridized carbons (Fsp3) is 0.389. The Balaban J connectivity index is 1.88. The largest absolute Gasteiger partial charge is 0.489 e. The molecule has 0 aliphatic heterocycles. The molecule has 3 heteroatoms. The first kappa shape index (κ1) is 15.5. The molecule has 0 saturated carbocycles. The number of hydrogen-bond acceptors (Lipinski definition) is 3. The molecule has 0 aliphatic carbocycles. The van der Waals surface area contributed by atoms with Gasteiger partial charge in [-0.15, -0.1) is 0 Å². The number of ether oxygens (including phenoxy) is 1. The van der Waals surface area contributed by atoms with E-state index in [0.717, 1.165) is 30.0 Å². The molecule has 112 valence electrons. The van der Waals surface area contributed by atoms with E-state index in [-0.39, 0.29) is 0 Å². The van der Waals surface area contributed by atoms with Gasteiger partial charge in [0.05, 0.1) is 0 Å². The molecule has 1 heterocycles. The Morgan fingerprint density at radius 2 is 2.00 bits per heavy atom. The highest BCUT2D eigenvalue weighted by Crippen LogP contribution is 2.15. The number of aryl methyl sites for hydroxylation is 1. The maximum absolute atomic E-state index is 5.85. The Kier molecular flexibility index (Phi) is 5.76. The highest BCUT2D eigenvalue weighted by Gasteiger charge is 2.00. The number of rotatable bonds is 7. The SMILES string of the molecule is Cc1cncc(COc2cccc(CNCC(C)C)c2)c1. The molecule has 1 N–H and O–H groups in total. The standard InChI is InChI=1S/C18H24N2O/c1-14(2)9-19-11-16-5-4-6-18(8-16)21-13-17-7-15(3)10-20-12-17/h4-8,10,12,14,19H,9,11,13H2,1-3H3. The molecule has 3 nitrogen and oxygen atoms in total. The van der Waals surface area contributed by atoms with Crippen molar-refractivity contribution >= 4 is 0 Å². The third-order valence-electron chi connectivity index (χ3n) is 3.12. The molecule has 1 aromatic heterocycles. The smallest absolute Gasteiger partial charge is 0.120 e. The number of aromatic nitrogens is 1. The van der Waals surface area contributed by atoms with Crippen LogP contribution in [-0.2, 0) is 13.2 Å². The minimum absolute atomic E-state index is 0.553. The van der Waals surface area contributed by atoms with Crippen molar-refractivity contribution in [3.05, 3.63) is 59.4 Å². The van der Waals surface area contributed by atoms with Crippen molar-refractivity contribution < 1.29 is 4.74 Å². The fourth-order valence-corrected chi connectivity index (χ4v) is 2.11. The maximum Gasteiger partial charge on any atom is 0.120 e. The van der Waals surface area contributed by atoms with Crippen molar-refractivity contribution in [2.75, 3.05) is 6.54 Å². The summed E-state index contributed by atoms with van der Waals surface area (Å²) in [5, 5.41) is 3.44. The van der Waals surface area contributed by atoms with E-state index in [1.54, 1.807) is 0 Å². The lowest BCUT2D eigenvalue weighted by atomic mass is 10.2. The second kappa shape index (κ2) is 7.79. The highest BCUT2D eigenvalue weighted by molar-refractivity contribution is 5.29. The van der Waals surface area contributed by atoms with Crippen molar-refractivity contribution in [3.8, 4) is 5.75 Å². The lowest BCUT2D eigenvalue weighted by Crippen LogP contribution is -2.18. The van der Waals surface area contributed by atoms with Gasteiger partial charge in [0.25, 0.3) is 0 Å². The van der Waals surface area contributed by atoms with Crippen LogP contribution in [0.1, 0.15) is 30.5 Å². The number of benzene rings is 1. The molecule has 0 radical (unpaired) electrons. The van der Waals surface area contributed by atoms with Gasteiger partial charge in [-0.3, -0.25) is 4.98 Å². The first-order valence-electron chi connectivity index (χ1n) is 7.46. The quantitative estimate of drug-likeness (QED) is 0.841. The summed E-state index contributed by atoms with van der Waals surface area (Å²) in [6.07, 6.45) is 3.70. The van der Waals surface area contributed by atoms with Crippen LogP contribution in [0.3, 0.4) is 0 Å². The summed E-state index contributed by atoms with van der Waals surface area (Å²) in [5.74, 6) is 1.57. The van der Waals surface area contributed by atoms with Crippen molar-refractivity contribution in [1.29, 1.82) is 0 Å². The van der Waals surface area contributed by atoms with Gasteiger partial charge < -0.3 is 10.1 Å². The van der Waals surface area contributed by atoms with Crippen LogP contribution in [-0.4, -0.2) is 11.5 Å². The molecule has 0 unspecified atom stereocenters. The number of pyridine rings is 1. The van der Waals surface area contributed by atoms with Gasteiger partial charge in [-0.1, -0.05) is 26.0 Å². The van der Waals surface area contributed by atoms with E-state index < -0.39 is 0 Å². The topological polar surface area (TPSA) is 34.1 Å². The predicted octanol–water partition coefficient (Wildman–Crippen LogP) is 3.71. The van der Waals surface area contributed by atoms with Crippen molar-refractivity contribution in [2.45, 2.75) is 33.9 Å². The van der Waals surface area contributed by atoms with E-state index in [2.05, 4.69) is 42.3 Å². The van der Waals surface area contributed by atoms with Crippen molar-refractivity contribution in [3.63, 3.8) is 0 Å². The zero-order valence-electron chi connectivity index (χ0n) is 13.1. The molecular formula is C18H24N2O. The molecule has 21 heavy (non-hydrogen) atoms. The van der Waals surface area contributed by atoms with Crippen molar-refractivity contribution in [2.24, 2.45) is 5.92 Å². The number of nitrogens with one attached hydrogen (secondary N) is 1. The molecule has 0 saturated heterocycles. The van der Waals surface area contributed by atoms with Gasteiger partial charge in [-0.05, 0) is 48.7 Å². The van der Waals surface area contributed by atoms with Crippen LogP contribution in [0.2, 0.25) is 0 Å². The average molecular weight is 284 g/mol. The van der Waals surface area contributed by atoms with Gasteiger partial charge in [-0.2, -0.15) is 0 Å². The van der Waals surface area contributed by atoms with E-state index in [9.17, 15) is 0 Å². The molecule has 0 spiro atoms. The summed E-state index contributed by atoms with van der Waals surface area (Å²) in [7, 11) is 0.